The van der Waals surface area contributed by atoms with Gasteiger partial charge >= 0.3 is 22.4 Å². The van der Waals surface area contributed by atoms with Gasteiger partial charge in [-0.15, -0.1) is 0 Å². The average Bonchev–Trinajstić information content (AvgIpc) is 2.70. The van der Waals surface area contributed by atoms with Crippen LogP contribution in [0.4, 0.5) is 0 Å². The number of carboxylic acid groups (broad SMARTS) is 1. The Balaban J connectivity index is 2.49. The van der Waals surface area contributed by atoms with Crippen LogP contribution in [0.15, 0.2) is 46.8 Å². The van der Waals surface area contributed by atoms with Gasteiger partial charge in [-0.1, -0.05) is 30.3 Å². The third-order valence-corrected chi connectivity index (χ3v) is 4.79. The zero-order valence-corrected chi connectivity index (χ0v) is 18.9. The number of amides is 1. The number of aryl methyl sites for hydroxylation is 1. The Hall–Kier alpha value is -3.53. The maximum Gasteiger partial charge on any atom is 0.322 e. The lowest BCUT2D eigenvalue weighted by Crippen LogP contribution is -2.33. The molecular weight excluding hydrogens is 436 g/mol. The quantitative estimate of drug-likeness (QED) is 0.478. The van der Waals surface area contributed by atoms with Gasteiger partial charge in [-0.3, -0.25) is 14.4 Å². The molecule has 10 heteroatoms. The van der Waals surface area contributed by atoms with Crippen LogP contribution in [0.25, 0.3) is 11.1 Å². The highest BCUT2D eigenvalue weighted by Gasteiger charge is 2.26. The van der Waals surface area contributed by atoms with E-state index < -0.39 is 40.4 Å². The lowest BCUT2D eigenvalue weighted by molar-refractivity contribution is -0.143. The summed E-state index contributed by atoms with van der Waals surface area (Å²) < 4.78 is 31.4. The van der Waals surface area contributed by atoms with Gasteiger partial charge in [0.05, 0.1) is 5.41 Å². The first kappa shape index (κ1) is 24.7. The van der Waals surface area contributed by atoms with Gasteiger partial charge in [-0.25, -0.2) is 0 Å². The van der Waals surface area contributed by atoms with Crippen LogP contribution in [0.5, 0.6) is 5.75 Å². The Bertz CT molecular complexity index is 1170. The number of carbonyl (C=O) groups excluding carboxylic acids is 2. The number of hydrogen-bond acceptors (Lipinski definition) is 7. The van der Waals surface area contributed by atoms with Gasteiger partial charge in [-0.2, -0.15) is 12.8 Å². The summed E-state index contributed by atoms with van der Waals surface area (Å²) in [7, 11) is -2.91. The second-order valence-corrected chi connectivity index (χ2v) is 8.69. The number of rotatable bonds is 7. The highest BCUT2D eigenvalue weighted by atomic mass is 32.2. The molecule has 9 nitrogen and oxygen atoms in total. The van der Waals surface area contributed by atoms with Crippen LogP contribution in [-0.4, -0.2) is 37.9 Å². The lowest BCUT2D eigenvalue weighted by Gasteiger charge is -2.19. The first-order chi connectivity index (χ1) is 14.9. The molecule has 32 heavy (non-hydrogen) atoms. The third-order valence-electron chi connectivity index (χ3n) is 4.41. The molecule has 0 saturated carbocycles. The van der Waals surface area contributed by atoms with Gasteiger partial charge in [0.2, 0.25) is 0 Å². The zero-order valence-electron chi connectivity index (χ0n) is 18.1. The Morgan fingerprint density at radius 2 is 1.78 bits per heavy atom. The molecule has 0 radical (unpaired) electrons. The van der Waals surface area contributed by atoms with Gasteiger partial charge in [0.25, 0.3) is 5.91 Å². The predicted octanol–water partition coefficient (Wildman–Crippen LogP) is 2.92. The summed E-state index contributed by atoms with van der Waals surface area (Å²) in [5.41, 5.74) is 1.42. The van der Waals surface area contributed by atoms with Crippen molar-refractivity contribution in [2.24, 2.45) is 9.78 Å². The summed E-state index contributed by atoms with van der Waals surface area (Å²) >= 11 is 0. The van der Waals surface area contributed by atoms with Crippen LogP contribution in [0.3, 0.4) is 0 Å². The summed E-state index contributed by atoms with van der Waals surface area (Å²) in [5, 5.41) is 11.0. The molecule has 0 aliphatic heterocycles. The minimum absolute atomic E-state index is 0.276. The van der Waals surface area contributed by atoms with E-state index in [4.69, 9.17) is 9.84 Å². The molecule has 0 fully saturated rings. The Labute approximate surface area is 187 Å². The van der Waals surface area contributed by atoms with Crippen molar-refractivity contribution in [3.05, 3.63) is 53.6 Å². The van der Waals surface area contributed by atoms with Gasteiger partial charge in [0, 0.05) is 0 Å². The number of carboxylic acids is 1. The first-order valence-corrected chi connectivity index (χ1v) is 10.6. The van der Waals surface area contributed by atoms with Gasteiger partial charge in [0.15, 0.2) is 6.04 Å². The molecule has 0 heterocycles. The van der Waals surface area contributed by atoms with E-state index >= 15 is 0 Å². The molecule has 2 N–H and O–H groups in total. The van der Waals surface area contributed by atoms with Crippen molar-refractivity contribution in [3.63, 3.8) is 0 Å². The number of hydrogen-bond donors (Lipinski definition) is 2. The van der Waals surface area contributed by atoms with E-state index in [0.29, 0.717) is 22.4 Å². The predicted molar refractivity (Wildman–Crippen MR) is 116 cm³/mol. The van der Waals surface area contributed by atoms with Crippen LogP contribution in [-0.2, 0) is 24.9 Å². The van der Waals surface area contributed by atoms with Crippen molar-refractivity contribution in [3.8, 4) is 16.9 Å². The largest absolute Gasteiger partial charge is 0.480 e. The van der Waals surface area contributed by atoms with E-state index in [2.05, 4.69) is 9.68 Å². The molecular formula is C22H24N2O7S. The second kappa shape index (κ2) is 10.2. The summed E-state index contributed by atoms with van der Waals surface area (Å²) in [4.78, 5) is 35.5. The standard InChI is InChI=1S/C22H24N2O7S/c1-13-11-14(9-10-17(13)31-21(28)22(2,3)4)15-7-5-6-8-16(15)19(24-32(29)30)20(27)23-12-18(25)26/h5-11,19H,12H2,1-4H3,(H,23,27)(H,25,26). The number of nitrogens with one attached hydrogen (secondary N) is 1. The minimum Gasteiger partial charge on any atom is -0.480 e. The van der Waals surface area contributed by atoms with Crippen molar-refractivity contribution in [2.45, 2.75) is 33.7 Å². The molecule has 170 valence electrons. The highest BCUT2D eigenvalue weighted by Crippen LogP contribution is 2.33. The summed E-state index contributed by atoms with van der Waals surface area (Å²) in [6.07, 6.45) is 0. The molecule has 2 rings (SSSR count). The normalized spacial score (nSPS) is 11.9. The molecule has 1 unspecified atom stereocenters. The SMILES string of the molecule is Cc1cc(-c2ccccc2C(N=S(=O)=O)C(=O)NCC(=O)O)ccc1OC(=O)C(C)(C)C. The lowest BCUT2D eigenvalue weighted by atomic mass is 9.93. The monoisotopic (exact) mass is 460 g/mol. The third kappa shape index (κ3) is 6.48. The van der Waals surface area contributed by atoms with Crippen molar-refractivity contribution < 1.29 is 32.6 Å². The molecule has 1 amide bonds. The van der Waals surface area contributed by atoms with E-state index in [1.54, 1.807) is 70.2 Å². The topological polar surface area (TPSA) is 139 Å². The molecule has 0 aliphatic carbocycles. The highest BCUT2D eigenvalue weighted by molar-refractivity contribution is 7.61. The van der Waals surface area contributed by atoms with Crippen molar-refractivity contribution in [2.75, 3.05) is 6.54 Å². The summed E-state index contributed by atoms with van der Waals surface area (Å²) in [6, 6.07) is 10.1. The zero-order chi connectivity index (χ0) is 24.1. The van der Waals surface area contributed by atoms with E-state index in [1.807, 2.05) is 0 Å². The second-order valence-electron chi connectivity index (χ2n) is 8.04. The fourth-order valence-electron chi connectivity index (χ4n) is 2.77. The van der Waals surface area contributed by atoms with Crippen LogP contribution in [0, 0.1) is 12.3 Å². The molecule has 2 aromatic rings. The molecule has 0 aromatic heterocycles. The Morgan fingerprint density at radius 1 is 1.12 bits per heavy atom. The number of aliphatic carboxylic acids is 1. The van der Waals surface area contributed by atoms with Crippen LogP contribution in [0.1, 0.15) is 37.9 Å². The van der Waals surface area contributed by atoms with Crippen molar-refractivity contribution >= 4 is 28.3 Å². The number of benzene rings is 2. The molecule has 1 atom stereocenters. The maximum absolute atomic E-state index is 12.5. The molecule has 2 aromatic carbocycles. The number of carbonyl (C=O) groups is 3. The molecule has 0 aliphatic rings. The molecule has 0 bridgehead atoms. The Kier molecular flexibility index (Phi) is 7.87. The van der Waals surface area contributed by atoms with Crippen LogP contribution < -0.4 is 10.1 Å². The fraction of sp³-hybridized carbons (Fsp3) is 0.318. The van der Waals surface area contributed by atoms with E-state index in [9.17, 15) is 22.8 Å². The first-order valence-electron chi connectivity index (χ1n) is 9.62. The van der Waals surface area contributed by atoms with Gasteiger partial charge < -0.3 is 15.2 Å². The van der Waals surface area contributed by atoms with Gasteiger partial charge in [-0.05, 0) is 62.1 Å². The number of esters is 1. The summed E-state index contributed by atoms with van der Waals surface area (Å²) in [5.74, 6) is -2.14. The maximum atomic E-state index is 12.5. The van der Waals surface area contributed by atoms with Crippen LogP contribution in [0.2, 0.25) is 0 Å². The summed E-state index contributed by atoms with van der Waals surface area (Å²) in [6.45, 7) is 6.31. The Morgan fingerprint density at radius 3 is 2.34 bits per heavy atom. The molecule has 0 spiro atoms. The number of ether oxygens (including phenoxy) is 1. The fourth-order valence-corrected chi connectivity index (χ4v) is 3.16. The van der Waals surface area contributed by atoms with Crippen molar-refractivity contribution in [1.82, 2.24) is 5.32 Å². The average molecular weight is 461 g/mol. The van der Waals surface area contributed by atoms with E-state index in [-0.39, 0.29) is 11.5 Å². The molecule has 0 saturated heterocycles. The van der Waals surface area contributed by atoms with Crippen LogP contribution >= 0.6 is 0 Å². The van der Waals surface area contributed by atoms with Gasteiger partial charge in [0.1, 0.15) is 12.3 Å². The van der Waals surface area contributed by atoms with E-state index in [1.165, 1.54) is 0 Å². The van der Waals surface area contributed by atoms with Crippen molar-refractivity contribution in [1.29, 1.82) is 0 Å². The minimum atomic E-state index is -2.91. The number of nitrogens with zero attached hydrogens (tertiary/aromatic N) is 1. The smallest absolute Gasteiger partial charge is 0.322 e. The van der Waals surface area contributed by atoms with E-state index in [0.717, 1.165) is 0 Å².